The summed E-state index contributed by atoms with van der Waals surface area (Å²) in [6.07, 6.45) is -2.71. The van der Waals surface area contributed by atoms with Crippen molar-refractivity contribution in [2.24, 2.45) is 12.8 Å². The number of benzene rings is 3. The second kappa shape index (κ2) is 10.3. The number of nitrogens with zero attached hydrogens (tertiary/aromatic N) is 4. The quantitative estimate of drug-likeness (QED) is 0.261. The normalized spacial score (nSPS) is 13.5. The van der Waals surface area contributed by atoms with E-state index in [2.05, 4.69) is 15.3 Å². The largest absolute Gasteiger partial charge is 0.573 e. The van der Waals surface area contributed by atoms with Gasteiger partial charge in [-0.25, -0.2) is 8.42 Å². The van der Waals surface area contributed by atoms with Crippen LogP contribution in [0.3, 0.4) is 0 Å². The van der Waals surface area contributed by atoms with Gasteiger partial charge in [0.2, 0.25) is 0 Å². The van der Waals surface area contributed by atoms with Crippen molar-refractivity contribution < 1.29 is 35.1 Å². The third kappa shape index (κ3) is 5.56. The monoisotopic (exact) mass is 616 g/mol. The van der Waals surface area contributed by atoms with E-state index in [0.717, 1.165) is 30.7 Å². The van der Waals surface area contributed by atoms with E-state index in [1.807, 2.05) is 0 Å². The highest BCUT2D eigenvalue weighted by Gasteiger charge is 2.42. The number of halogens is 5. The molecule has 0 aliphatic carbocycles. The molecule has 0 saturated heterocycles. The Balaban J connectivity index is 1.70. The first kappa shape index (κ1) is 29.4. The smallest absolute Gasteiger partial charge is 0.406 e. The first-order valence-corrected chi connectivity index (χ1v) is 14.2. The van der Waals surface area contributed by atoms with Crippen molar-refractivity contribution in [2.45, 2.75) is 17.2 Å². The fourth-order valence-electron chi connectivity index (χ4n) is 4.70. The number of nitrogens with two attached hydrogens (primary N) is 1. The van der Waals surface area contributed by atoms with Crippen LogP contribution in [0.25, 0.3) is 28.1 Å². The molecule has 0 bridgehead atoms. The van der Waals surface area contributed by atoms with Crippen LogP contribution in [0.5, 0.6) is 5.75 Å². The Hall–Kier alpha value is -5.10. The van der Waals surface area contributed by atoms with E-state index in [9.17, 15) is 30.4 Å². The van der Waals surface area contributed by atoms with Gasteiger partial charge >= 0.3 is 12.3 Å². The number of sulfone groups is 1. The van der Waals surface area contributed by atoms with Crippen LogP contribution in [0.1, 0.15) is 11.3 Å². The molecule has 0 unspecified atom stereocenters. The molecule has 0 amide bonds. The van der Waals surface area contributed by atoms with Crippen LogP contribution in [-0.4, -0.2) is 30.8 Å². The lowest BCUT2D eigenvalue weighted by atomic mass is 9.97. The highest BCUT2D eigenvalue weighted by molar-refractivity contribution is 7.90. The van der Waals surface area contributed by atoms with Gasteiger partial charge in [-0.2, -0.15) is 19.1 Å². The first-order chi connectivity index (χ1) is 20.1. The summed E-state index contributed by atoms with van der Waals surface area (Å²) in [4.78, 5) is 0.0821. The van der Waals surface area contributed by atoms with Crippen molar-refractivity contribution in [2.75, 3.05) is 16.7 Å². The Labute approximate surface area is 242 Å². The molecule has 0 fully saturated rings. The average molecular weight is 617 g/mol. The van der Waals surface area contributed by atoms with E-state index in [1.54, 1.807) is 30.3 Å². The first-order valence-electron chi connectivity index (χ1n) is 12.3. The number of hydrogen-bond donors (Lipinski definition) is 2. The number of aromatic nitrogens is 2. The van der Waals surface area contributed by atoms with Gasteiger partial charge in [0.25, 0.3) is 0 Å². The lowest BCUT2D eigenvalue weighted by molar-refractivity contribution is -0.274. The molecule has 0 saturated carbocycles. The van der Waals surface area contributed by atoms with Gasteiger partial charge in [-0.05, 0) is 59.7 Å². The molecule has 0 atom stereocenters. The zero-order chi connectivity index (χ0) is 31.3. The lowest BCUT2D eigenvalue weighted by Gasteiger charge is -2.35. The highest BCUT2D eigenvalue weighted by Crippen LogP contribution is 2.48. The summed E-state index contributed by atoms with van der Waals surface area (Å²) in [7, 11) is -2.10. The Kier molecular flexibility index (Phi) is 7.05. The predicted octanol–water partition coefficient (Wildman–Crippen LogP) is 5.78. The van der Waals surface area contributed by atoms with Gasteiger partial charge in [0, 0.05) is 30.6 Å². The number of rotatable bonds is 6. The van der Waals surface area contributed by atoms with E-state index in [-0.39, 0.29) is 27.5 Å². The summed E-state index contributed by atoms with van der Waals surface area (Å²) in [5.41, 5.74) is 10.3. The topological polar surface area (TPSA) is 126 Å². The van der Waals surface area contributed by atoms with Gasteiger partial charge in [0.1, 0.15) is 17.5 Å². The highest BCUT2D eigenvalue weighted by atomic mass is 32.2. The molecule has 43 heavy (non-hydrogen) atoms. The van der Waals surface area contributed by atoms with Crippen LogP contribution in [0, 0.1) is 11.3 Å². The molecular formula is C28H21F5N6O3S. The van der Waals surface area contributed by atoms with Crippen molar-refractivity contribution in [1.29, 1.82) is 5.26 Å². The maximum Gasteiger partial charge on any atom is 0.573 e. The Morgan fingerprint density at radius 2 is 1.72 bits per heavy atom. The summed E-state index contributed by atoms with van der Waals surface area (Å²) >= 11 is 0. The van der Waals surface area contributed by atoms with Gasteiger partial charge in [0.05, 0.1) is 22.0 Å². The third-order valence-electron chi connectivity index (χ3n) is 6.58. The van der Waals surface area contributed by atoms with E-state index in [1.165, 1.54) is 41.0 Å². The summed E-state index contributed by atoms with van der Waals surface area (Å²) < 4.78 is 97.0. The fraction of sp³-hybridized carbons (Fsp3) is 0.143. The SMILES string of the molecule is Cn1nc(C(F)(F)C#N)c2c1-c1ccc(-c3cccc(S(C)(=O)=O)c3)cc1N(/C(=C\N)c1ccc(OC(F)(F)F)cc1)N2. The maximum absolute atomic E-state index is 14.7. The van der Waals surface area contributed by atoms with Crippen molar-refractivity contribution >= 4 is 26.9 Å². The van der Waals surface area contributed by atoms with Crippen molar-refractivity contribution in [3.8, 4) is 34.2 Å². The molecule has 15 heteroatoms. The van der Waals surface area contributed by atoms with Crippen LogP contribution in [0.15, 0.2) is 77.8 Å². The number of nitrogens with one attached hydrogen (secondary N) is 1. The zero-order valence-electron chi connectivity index (χ0n) is 22.3. The maximum atomic E-state index is 14.7. The number of anilines is 2. The predicted molar refractivity (Wildman–Crippen MR) is 148 cm³/mol. The molecule has 2 heterocycles. The van der Waals surface area contributed by atoms with Crippen LogP contribution in [0.2, 0.25) is 0 Å². The molecule has 5 rings (SSSR count). The van der Waals surface area contributed by atoms with Crippen LogP contribution in [0.4, 0.5) is 33.3 Å². The van der Waals surface area contributed by atoms with E-state index < -0.39 is 33.6 Å². The molecule has 9 nitrogen and oxygen atoms in total. The molecule has 4 aromatic rings. The molecule has 222 valence electrons. The van der Waals surface area contributed by atoms with E-state index in [4.69, 9.17) is 11.0 Å². The summed E-state index contributed by atoms with van der Waals surface area (Å²) in [6.45, 7) is 0. The Morgan fingerprint density at radius 3 is 2.33 bits per heavy atom. The van der Waals surface area contributed by atoms with E-state index >= 15 is 0 Å². The van der Waals surface area contributed by atoms with Crippen LogP contribution in [-0.2, 0) is 22.8 Å². The lowest BCUT2D eigenvalue weighted by Crippen LogP contribution is -2.33. The van der Waals surface area contributed by atoms with Gasteiger partial charge in [0.15, 0.2) is 15.5 Å². The molecule has 3 aromatic carbocycles. The number of ether oxygens (including phenoxy) is 1. The summed E-state index contributed by atoms with van der Waals surface area (Å²) in [5.74, 6) is -4.46. The van der Waals surface area contributed by atoms with Crippen LogP contribution < -0.4 is 20.9 Å². The minimum atomic E-state index is -4.91. The second-order valence-corrected chi connectivity index (χ2v) is 11.5. The van der Waals surface area contributed by atoms with Gasteiger partial charge in [-0.15, -0.1) is 13.2 Å². The number of alkyl halides is 5. The molecule has 0 spiro atoms. The number of hydrogen-bond acceptors (Lipinski definition) is 8. The zero-order valence-corrected chi connectivity index (χ0v) is 23.1. The van der Waals surface area contributed by atoms with Crippen LogP contribution >= 0.6 is 0 Å². The number of aryl methyl sites for hydroxylation is 1. The van der Waals surface area contributed by atoms with Gasteiger partial charge in [-0.3, -0.25) is 15.1 Å². The Morgan fingerprint density at radius 1 is 1.05 bits per heavy atom. The standard InChI is InChI=1S/C28H21F5N6O3S/c1-38-25-21-11-8-18(17-4-3-5-20(12-17)43(2,40)41)13-22(21)39(36-24(25)26(37-38)27(29,30)15-35)23(14-34)16-6-9-19(10-7-16)42-28(31,32)33/h3-14,36H,34H2,1-2H3/b23-14-. The van der Waals surface area contributed by atoms with Crippen molar-refractivity contribution in [1.82, 2.24) is 9.78 Å². The molecule has 1 aromatic heterocycles. The van der Waals surface area contributed by atoms with Crippen molar-refractivity contribution in [3.05, 3.63) is 84.2 Å². The number of hydrazine groups is 1. The molecular weight excluding hydrogens is 595 g/mol. The minimum Gasteiger partial charge on any atom is -0.406 e. The summed E-state index contributed by atoms with van der Waals surface area (Å²) in [6, 6.07) is 16.8. The summed E-state index contributed by atoms with van der Waals surface area (Å²) in [5, 5.41) is 14.4. The number of fused-ring (bicyclic) bond motifs is 3. The molecule has 1 aliphatic heterocycles. The van der Waals surface area contributed by atoms with Gasteiger partial charge < -0.3 is 10.5 Å². The average Bonchev–Trinajstić information content (AvgIpc) is 3.30. The molecule has 0 radical (unpaired) electrons. The molecule has 1 aliphatic rings. The Bertz CT molecular complexity index is 1910. The minimum absolute atomic E-state index is 0.0821. The third-order valence-corrected chi connectivity index (χ3v) is 7.69. The fourth-order valence-corrected chi connectivity index (χ4v) is 5.37. The molecule has 3 N–H and O–H groups in total. The second-order valence-electron chi connectivity index (χ2n) is 9.49. The van der Waals surface area contributed by atoms with Gasteiger partial charge in [-0.1, -0.05) is 18.2 Å². The van der Waals surface area contributed by atoms with E-state index in [0.29, 0.717) is 22.4 Å². The number of nitriles is 1. The van der Waals surface area contributed by atoms with Crippen molar-refractivity contribution in [3.63, 3.8) is 0 Å².